The monoisotopic (exact) mass is 255 g/mol. The molecule has 0 aromatic heterocycles. The van der Waals surface area contributed by atoms with Gasteiger partial charge in [-0.25, -0.2) is 0 Å². The van der Waals surface area contributed by atoms with E-state index in [-0.39, 0.29) is 24.3 Å². The maximum Gasteiger partial charge on any atom is 0.305 e. The lowest BCUT2D eigenvalue weighted by atomic mass is 9.91. The Morgan fingerprint density at radius 1 is 1.39 bits per heavy atom. The Bertz CT molecular complexity index is 336. The van der Waals surface area contributed by atoms with Crippen LogP contribution in [0.5, 0.6) is 0 Å². The molecule has 0 aromatic carbocycles. The van der Waals surface area contributed by atoms with Crippen molar-refractivity contribution in [1.82, 2.24) is 5.32 Å². The average Bonchev–Trinajstić information content (AvgIpc) is 2.87. The van der Waals surface area contributed by atoms with Gasteiger partial charge in [-0.3, -0.25) is 9.59 Å². The minimum atomic E-state index is -0.840. The van der Waals surface area contributed by atoms with Crippen LogP contribution in [0.2, 0.25) is 0 Å². The smallest absolute Gasteiger partial charge is 0.305 e. The number of carboxylic acids is 1. The zero-order chi connectivity index (χ0) is 13.2. The maximum atomic E-state index is 12.1. The fraction of sp³-hybridized carbons (Fsp3) is 0.846. The summed E-state index contributed by atoms with van der Waals surface area (Å²) in [7, 11) is 0. The Labute approximate surface area is 107 Å². The summed E-state index contributed by atoms with van der Waals surface area (Å²) in [5.74, 6) is -0.998. The maximum absolute atomic E-state index is 12.1. The molecule has 2 atom stereocenters. The molecule has 1 amide bonds. The van der Waals surface area contributed by atoms with E-state index < -0.39 is 11.5 Å². The van der Waals surface area contributed by atoms with Gasteiger partial charge < -0.3 is 15.2 Å². The van der Waals surface area contributed by atoms with Gasteiger partial charge in [0.25, 0.3) is 0 Å². The number of carboxylic acid groups (broad SMARTS) is 1. The fourth-order valence-corrected chi connectivity index (χ4v) is 3.05. The number of aliphatic carboxylic acids is 1. The lowest BCUT2D eigenvalue weighted by molar-refractivity contribution is -0.139. The van der Waals surface area contributed by atoms with Crippen LogP contribution in [0.25, 0.3) is 0 Å². The van der Waals surface area contributed by atoms with Crippen LogP contribution in [0.3, 0.4) is 0 Å². The summed E-state index contributed by atoms with van der Waals surface area (Å²) in [5.41, 5.74) is -0.519. The third kappa shape index (κ3) is 3.02. The van der Waals surface area contributed by atoms with Gasteiger partial charge in [0.05, 0.1) is 30.6 Å². The van der Waals surface area contributed by atoms with Crippen molar-refractivity contribution in [2.45, 2.75) is 57.1 Å². The zero-order valence-electron chi connectivity index (χ0n) is 10.8. The number of carbonyl (C=O) groups is 2. The van der Waals surface area contributed by atoms with E-state index in [0.717, 1.165) is 32.1 Å². The van der Waals surface area contributed by atoms with E-state index in [0.29, 0.717) is 6.61 Å². The topological polar surface area (TPSA) is 75.6 Å². The molecule has 5 nitrogen and oxygen atoms in total. The molecule has 102 valence electrons. The van der Waals surface area contributed by atoms with Crippen LogP contribution in [0.4, 0.5) is 0 Å². The highest BCUT2D eigenvalue weighted by Crippen LogP contribution is 2.33. The molecule has 2 aliphatic rings. The van der Waals surface area contributed by atoms with Crippen molar-refractivity contribution in [3.05, 3.63) is 0 Å². The SMILES string of the molecule is CC1CC(C(=O)NC2(CC(=O)O)CCCC2)CO1. The number of hydrogen-bond donors (Lipinski definition) is 2. The summed E-state index contributed by atoms with van der Waals surface area (Å²) in [6.07, 6.45) is 4.41. The molecule has 2 rings (SSSR count). The van der Waals surface area contributed by atoms with Crippen molar-refractivity contribution in [3.8, 4) is 0 Å². The van der Waals surface area contributed by atoms with Crippen LogP contribution < -0.4 is 5.32 Å². The Hall–Kier alpha value is -1.10. The van der Waals surface area contributed by atoms with Crippen molar-refractivity contribution in [2.24, 2.45) is 5.92 Å². The molecule has 0 aromatic rings. The van der Waals surface area contributed by atoms with Gasteiger partial charge in [0.2, 0.25) is 5.91 Å². The standard InChI is InChI=1S/C13H21NO4/c1-9-6-10(8-18-9)12(17)14-13(7-11(15)16)4-2-3-5-13/h9-10H,2-8H2,1H3,(H,14,17)(H,15,16). The Morgan fingerprint density at radius 2 is 2.06 bits per heavy atom. The molecule has 1 saturated heterocycles. The van der Waals surface area contributed by atoms with E-state index in [1.54, 1.807) is 0 Å². The first-order valence-electron chi connectivity index (χ1n) is 6.66. The van der Waals surface area contributed by atoms with Gasteiger partial charge in [-0.2, -0.15) is 0 Å². The number of nitrogens with one attached hydrogen (secondary N) is 1. The van der Waals surface area contributed by atoms with Gasteiger partial charge in [-0.1, -0.05) is 12.8 Å². The molecule has 0 bridgehead atoms. The second-order valence-electron chi connectivity index (χ2n) is 5.62. The van der Waals surface area contributed by atoms with E-state index in [1.165, 1.54) is 0 Å². The zero-order valence-corrected chi connectivity index (χ0v) is 10.8. The summed E-state index contributed by atoms with van der Waals surface area (Å²) in [6, 6.07) is 0. The van der Waals surface area contributed by atoms with Gasteiger partial charge in [0.1, 0.15) is 0 Å². The number of amides is 1. The number of rotatable bonds is 4. The largest absolute Gasteiger partial charge is 0.481 e. The van der Waals surface area contributed by atoms with Crippen LogP contribution in [0, 0.1) is 5.92 Å². The molecular weight excluding hydrogens is 234 g/mol. The summed E-state index contributed by atoms with van der Waals surface area (Å²) < 4.78 is 5.39. The van der Waals surface area contributed by atoms with Crippen LogP contribution in [-0.2, 0) is 14.3 Å². The molecule has 18 heavy (non-hydrogen) atoms. The summed E-state index contributed by atoms with van der Waals surface area (Å²) >= 11 is 0. The van der Waals surface area contributed by atoms with Crippen molar-refractivity contribution in [1.29, 1.82) is 0 Å². The first-order valence-corrected chi connectivity index (χ1v) is 6.66. The third-order valence-electron chi connectivity index (χ3n) is 4.01. The second-order valence-corrected chi connectivity index (χ2v) is 5.62. The van der Waals surface area contributed by atoms with Gasteiger partial charge in [-0.05, 0) is 26.2 Å². The van der Waals surface area contributed by atoms with Crippen LogP contribution in [0.1, 0.15) is 45.4 Å². The molecule has 2 unspecified atom stereocenters. The average molecular weight is 255 g/mol. The first-order chi connectivity index (χ1) is 8.51. The highest BCUT2D eigenvalue weighted by molar-refractivity contribution is 5.81. The summed E-state index contributed by atoms with van der Waals surface area (Å²) in [4.78, 5) is 23.1. The molecule has 2 fully saturated rings. The summed E-state index contributed by atoms with van der Waals surface area (Å²) in [5, 5.41) is 12.0. The molecule has 5 heteroatoms. The molecular formula is C13H21NO4. The quantitative estimate of drug-likeness (QED) is 0.794. The molecule has 1 aliphatic heterocycles. The van der Waals surface area contributed by atoms with Gasteiger partial charge in [0, 0.05) is 0 Å². The molecule has 1 saturated carbocycles. The normalized spacial score (nSPS) is 30.3. The van der Waals surface area contributed by atoms with Crippen LogP contribution in [-0.4, -0.2) is 35.2 Å². The van der Waals surface area contributed by atoms with Crippen molar-refractivity contribution < 1.29 is 19.4 Å². The van der Waals surface area contributed by atoms with E-state index in [4.69, 9.17) is 9.84 Å². The number of carbonyl (C=O) groups excluding carboxylic acids is 1. The third-order valence-corrected chi connectivity index (χ3v) is 4.01. The summed E-state index contributed by atoms with van der Waals surface area (Å²) in [6.45, 7) is 2.41. The minimum Gasteiger partial charge on any atom is -0.481 e. The van der Waals surface area contributed by atoms with E-state index >= 15 is 0 Å². The number of ether oxygens (including phenoxy) is 1. The van der Waals surface area contributed by atoms with Crippen LogP contribution in [0.15, 0.2) is 0 Å². The Balaban J connectivity index is 1.96. The van der Waals surface area contributed by atoms with E-state index in [2.05, 4.69) is 5.32 Å². The molecule has 1 heterocycles. The molecule has 1 aliphatic carbocycles. The predicted molar refractivity (Wildman–Crippen MR) is 65.1 cm³/mol. The first kappa shape index (κ1) is 13.3. The Morgan fingerprint density at radius 3 is 2.56 bits per heavy atom. The van der Waals surface area contributed by atoms with Crippen molar-refractivity contribution in [2.75, 3.05) is 6.61 Å². The van der Waals surface area contributed by atoms with E-state index in [9.17, 15) is 9.59 Å². The van der Waals surface area contributed by atoms with Crippen molar-refractivity contribution in [3.63, 3.8) is 0 Å². The predicted octanol–water partition coefficient (Wildman–Crippen LogP) is 1.32. The second kappa shape index (κ2) is 5.26. The lowest BCUT2D eigenvalue weighted by Gasteiger charge is -2.29. The van der Waals surface area contributed by atoms with Gasteiger partial charge in [-0.15, -0.1) is 0 Å². The van der Waals surface area contributed by atoms with Crippen LogP contribution >= 0.6 is 0 Å². The highest BCUT2D eigenvalue weighted by Gasteiger charge is 2.39. The fourth-order valence-electron chi connectivity index (χ4n) is 3.05. The lowest BCUT2D eigenvalue weighted by Crippen LogP contribution is -2.50. The number of hydrogen-bond acceptors (Lipinski definition) is 3. The molecule has 0 spiro atoms. The molecule has 2 N–H and O–H groups in total. The molecule has 0 radical (unpaired) electrons. The van der Waals surface area contributed by atoms with Gasteiger partial charge >= 0.3 is 5.97 Å². The van der Waals surface area contributed by atoms with E-state index in [1.807, 2.05) is 6.92 Å². The highest BCUT2D eigenvalue weighted by atomic mass is 16.5. The Kier molecular flexibility index (Phi) is 3.90. The van der Waals surface area contributed by atoms with Gasteiger partial charge in [0.15, 0.2) is 0 Å². The minimum absolute atomic E-state index is 0.0296. The van der Waals surface area contributed by atoms with Crippen molar-refractivity contribution >= 4 is 11.9 Å².